The first-order valence-electron chi connectivity index (χ1n) is 5.43. The van der Waals surface area contributed by atoms with E-state index >= 15 is 0 Å². The highest BCUT2D eigenvalue weighted by atomic mass is 79.9. The van der Waals surface area contributed by atoms with Crippen LogP contribution in [0.1, 0.15) is 0 Å². The Balaban J connectivity index is 2.08. The lowest BCUT2D eigenvalue weighted by atomic mass is 10.2. The van der Waals surface area contributed by atoms with Gasteiger partial charge < -0.3 is 4.90 Å². The van der Waals surface area contributed by atoms with Crippen LogP contribution in [0.25, 0.3) is 0 Å². The fourth-order valence-corrected chi connectivity index (χ4v) is 3.33. The maximum atomic E-state index is 11.4. The van der Waals surface area contributed by atoms with Crippen molar-refractivity contribution in [2.45, 2.75) is 0 Å². The first-order chi connectivity index (χ1) is 7.98. The van der Waals surface area contributed by atoms with Crippen molar-refractivity contribution in [2.24, 2.45) is 0 Å². The third-order valence-corrected chi connectivity index (χ3v) is 4.87. The number of anilines is 1. The van der Waals surface area contributed by atoms with Crippen LogP contribution in [0.4, 0.5) is 5.69 Å². The van der Waals surface area contributed by atoms with E-state index in [-0.39, 0.29) is 0 Å². The van der Waals surface area contributed by atoms with Gasteiger partial charge in [-0.2, -0.15) is 4.31 Å². The van der Waals surface area contributed by atoms with E-state index in [0.717, 1.165) is 23.2 Å². The first-order valence-corrected chi connectivity index (χ1v) is 8.07. The fraction of sp³-hybridized carbons (Fsp3) is 0.455. The van der Waals surface area contributed by atoms with E-state index < -0.39 is 10.0 Å². The predicted octanol–water partition coefficient (Wildman–Crippen LogP) is 1.53. The number of hydrogen-bond donors (Lipinski definition) is 0. The Labute approximate surface area is 110 Å². The molecule has 1 aliphatic rings. The van der Waals surface area contributed by atoms with E-state index in [1.807, 2.05) is 24.3 Å². The van der Waals surface area contributed by atoms with Gasteiger partial charge in [-0.15, -0.1) is 0 Å². The second-order valence-corrected chi connectivity index (χ2v) is 6.94. The lowest BCUT2D eigenvalue weighted by Gasteiger charge is -2.35. The van der Waals surface area contributed by atoms with Crippen molar-refractivity contribution in [1.29, 1.82) is 0 Å². The van der Waals surface area contributed by atoms with Crippen LogP contribution in [0.15, 0.2) is 28.7 Å². The number of sulfonamides is 1. The van der Waals surface area contributed by atoms with Crippen LogP contribution < -0.4 is 4.90 Å². The summed E-state index contributed by atoms with van der Waals surface area (Å²) in [4.78, 5) is 2.20. The maximum Gasteiger partial charge on any atom is 0.211 e. The number of halogens is 1. The monoisotopic (exact) mass is 318 g/mol. The fourth-order valence-electron chi connectivity index (χ4n) is 1.97. The molecule has 4 nitrogen and oxygen atoms in total. The Kier molecular flexibility index (Phi) is 3.75. The van der Waals surface area contributed by atoms with E-state index in [0.29, 0.717) is 13.1 Å². The van der Waals surface area contributed by atoms with Gasteiger partial charge in [0.1, 0.15) is 0 Å². The zero-order valence-corrected chi connectivity index (χ0v) is 12.0. The molecule has 0 N–H and O–H groups in total. The maximum absolute atomic E-state index is 11.4. The van der Waals surface area contributed by atoms with Crippen molar-refractivity contribution in [3.05, 3.63) is 28.7 Å². The van der Waals surface area contributed by atoms with Crippen LogP contribution in [0.3, 0.4) is 0 Å². The standard InChI is InChI=1S/C11H15BrN2O2S/c1-17(15,16)14-8-6-13(7-9-14)11-5-3-2-4-10(11)12/h2-5H,6-9H2,1H3. The molecule has 6 heteroatoms. The minimum atomic E-state index is -3.05. The highest BCUT2D eigenvalue weighted by Gasteiger charge is 2.23. The molecule has 0 aliphatic carbocycles. The molecule has 0 unspecified atom stereocenters. The van der Waals surface area contributed by atoms with Gasteiger partial charge in [0.25, 0.3) is 0 Å². The summed E-state index contributed by atoms with van der Waals surface area (Å²) >= 11 is 3.51. The molecule has 1 aliphatic heterocycles. The van der Waals surface area contributed by atoms with Gasteiger partial charge in [0.2, 0.25) is 10.0 Å². The summed E-state index contributed by atoms with van der Waals surface area (Å²) in [5.74, 6) is 0. The van der Waals surface area contributed by atoms with Crippen molar-refractivity contribution in [3.63, 3.8) is 0 Å². The Morgan fingerprint density at radius 1 is 1.12 bits per heavy atom. The highest BCUT2D eigenvalue weighted by molar-refractivity contribution is 9.10. The van der Waals surface area contributed by atoms with Gasteiger partial charge in [0.05, 0.1) is 11.9 Å². The molecule has 0 aromatic heterocycles. The Hall–Kier alpha value is -0.590. The van der Waals surface area contributed by atoms with E-state index in [4.69, 9.17) is 0 Å². The largest absolute Gasteiger partial charge is 0.368 e. The normalized spacial score (nSPS) is 18.4. The Bertz CT molecular complexity index is 496. The van der Waals surface area contributed by atoms with Gasteiger partial charge in [-0.25, -0.2) is 8.42 Å². The summed E-state index contributed by atoms with van der Waals surface area (Å²) in [5.41, 5.74) is 1.13. The summed E-state index contributed by atoms with van der Waals surface area (Å²) < 4.78 is 25.4. The second-order valence-electron chi connectivity index (χ2n) is 4.10. The number of piperazine rings is 1. The van der Waals surface area contributed by atoms with Crippen LogP contribution in [-0.4, -0.2) is 45.2 Å². The number of para-hydroxylation sites is 1. The number of nitrogens with zero attached hydrogens (tertiary/aromatic N) is 2. The molecule has 0 atom stereocenters. The molecule has 0 spiro atoms. The molecule has 1 fully saturated rings. The number of benzene rings is 1. The molecule has 1 saturated heterocycles. The van der Waals surface area contributed by atoms with E-state index in [9.17, 15) is 8.42 Å². The molecule has 17 heavy (non-hydrogen) atoms. The molecule has 2 rings (SSSR count). The molecule has 1 heterocycles. The minimum absolute atomic E-state index is 0.556. The molecule has 0 radical (unpaired) electrons. The molecular formula is C11H15BrN2O2S. The third-order valence-electron chi connectivity index (χ3n) is 2.90. The lowest BCUT2D eigenvalue weighted by Crippen LogP contribution is -2.48. The van der Waals surface area contributed by atoms with Crippen LogP contribution in [0.2, 0.25) is 0 Å². The zero-order chi connectivity index (χ0) is 12.5. The van der Waals surface area contributed by atoms with Gasteiger partial charge in [-0.1, -0.05) is 12.1 Å². The van der Waals surface area contributed by atoms with E-state index in [2.05, 4.69) is 20.8 Å². The van der Waals surface area contributed by atoms with Crippen molar-refractivity contribution in [1.82, 2.24) is 4.31 Å². The predicted molar refractivity (Wildman–Crippen MR) is 72.8 cm³/mol. The molecule has 1 aromatic rings. The van der Waals surface area contributed by atoms with Crippen molar-refractivity contribution in [3.8, 4) is 0 Å². The average Bonchev–Trinajstić information content (AvgIpc) is 2.29. The summed E-state index contributed by atoms with van der Waals surface area (Å²) in [7, 11) is -3.05. The molecule has 0 amide bonds. The Morgan fingerprint density at radius 3 is 2.24 bits per heavy atom. The van der Waals surface area contributed by atoms with Crippen LogP contribution in [0, 0.1) is 0 Å². The molecule has 1 aromatic carbocycles. The third kappa shape index (κ3) is 3.00. The van der Waals surface area contributed by atoms with Gasteiger partial charge in [-0.05, 0) is 28.1 Å². The zero-order valence-electron chi connectivity index (χ0n) is 9.63. The van der Waals surface area contributed by atoms with Gasteiger partial charge >= 0.3 is 0 Å². The van der Waals surface area contributed by atoms with Crippen LogP contribution in [0.5, 0.6) is 0 Å². The molecule has 94 valence electrons. The first kappa shape index (κ1) is 12.9. The topological polar surface area (TPSA) is 40.6 Å². The molecular weight excluding hydrogens is 304 g/mol. The van der Waals surface area contributed by atoms with Gasteiger partial charge in [0.15, 0.2) is 0 Å². The number of rotatable bonds is 2. The quantitative estimate of drug-likeness (QED) is 0.830. The lowest BCUT2D eigenvalue weighted by molar-refractivity contribution is 0.388. The van der Waals surface area contributed by atoms with Gasteiger partial charge in [0, 0.05) is 30.7 Å². The van der Waals surface area contributed by atoms with Crippen LogP contribution in [-0.2, 0) is 10.0 Å². The summed E-state index contributed by atoms with van der Waals surface area (Å²) in [5, 5.41) is 0. The smallest absolute Gasteiger partial charge is 0.211 e. The Morgan fingerprint density at radius 2 is 1.71 bits per heavy atom. The SMILES string of the molecule is CS(=O)(=O)N1CCN(c2ccccc2Br)CC1. The average molecular weight is 319 g/mol. The summed E-state index contributed by atoms with van der Waals surface area (Å²) in [6.07, 6.45) is 1.26. The van der Waals surface area contributed by atoms with Crippen molar-refractivity contribution < 1.29 is 8.42 Å². The molecule has 0 saturated carbocycles. The van der Waals surface area contributed by atoms with Crippen LogP contribution >= 0.6 is 15.9 Å². The van der Waals surface area contributed by atoms with Gasteiger partial charge in [-0.3, -0.25) is 0 Å². The minimum Gasteiger partial charge on any atom is -0.368 e. The summed E-state index contributed by atoms with van der Waals surface area (Å²) in [6.45, 7) is 2.58. The highest BCUT2D eigenvalue weighted by Crippen LogP contribution is 2.26. The van der Waals surface area contributed by atoms with Crippen molar-refractivity contribution in [2.75, 3.05) is 37.3 Å². The van der Waals surface area contributed by atoms with E-state index in [1.54, 1.807) is 0 Å². The molecule has 0 bridgehead atoms. The van der Waals surface area contributed by atoms with E-state index in [1.165, 1.54) is 10.6 Å². The second kappa shape index (κ2) is 4.96. The summed E-state index contributed by atoms with van der Waals surface area (Å²) in [6, 6.07) is 8.00. The van der Waals surface area contributed by atoms with Crippen molar-refractivity contribution >= 4 is 31.6 Å². The number of hydrogen-bond acceptors (Lipinski definition) is 3.